The third kappa shape index (κ3) is 3.10. The summed E-state index contributed by atoms with van der Waals surface area (Å²) in [6.45, 7) is 3.37. The topological polar surface area (TPSA) is 106 Å². The summed E-state index contributed by atoms with van der Waals surface area (Å²) in [7, 11) is 3.49. The third-order valence-corrected chi connectivity index (χ3v) is 4.12. The number of nitrogens with two attached hydrogens (primary N) is 1. The van der Waals surface area contributed by atoms with Crippen LogP contribution >= 0.6 is 0 Å². The van der Waals surface area contributed by atoms with Gasteiger partial charge in [0.2, 0.25) is 11.7 Å². The monoisotopic (exact) mass is 307 g/mol. The van der Waals surface area contributed by atoms with Crippen molar-refractivity contribution in [1.82, 2.24) is 9.88 Å². The lowest BCUT2D eigenvalue weighted by Crippen LogP contribution is -2.46. The van der Waals surface area contributed by atoms with Crippen LogP contribution in [0.5, 0.6) is 0 Å². The number of carbonyl (C=O) groups is 1. The molecule has 1 aromatic heterocycles. The molecule has 1 aromatic rings. The van der Waals surface area contributed by atoms with E-state index in [4.69, 9.17) is 5.73 Å². The van der Waals surface area contributed by atoms with Gasteiger partial charge >= 0.3 is 5.69 Å². The molecule has 1 saturated heterocycles. The maximum atomic E-state index is 12.3. The predicted molar refractivity (Wildman–Crippen MR) is 83.5 cm³/mol. The second-order valence-electron chi connectivity index (χ2n) is 5.88. The maximum Gasteiger partial charge on any atom is 0.311 e. The van der Waals surface area contributed by atoms with Crippen LogP contribution < -0.4 is 10.6 Å². The van der Waals surface area contributed by atoms with Gasteiger partial charge in [0.25, 0.3) is 0 Å². The first-order valence-electron chi connectivity index (χ1n) is 7.18. The Kier molecular flexibility index (Phi) is 4.48. The van der Waals surface area contributed by atoms with Gasteiger partial charge < -0.3 is 15.5 Å². The summed E-state index contributed by atoms with van der Waals surface area (Å²) in [4.78, 5) is 30.2. The number of rotatable bonds is 3. The number of amides is 1. The van der Waals surface area contributed by atoms with E-state index < -0.39 is 4.92 Å². The standard InChI is InChI=1S/C14H21N5O3/c1-9-6-7-18(8-10(9)14(20)17(2)3)12-5-4-11(19(21)22)13(15)16-12/h4-5,9-10H,6-8H2,1-3H3,(H2,15,16)/t9-,10+/m1/s1. The lowest BCUT2D eigenvalue weighted by molar-refractivity contribution is -0.384. The molecule has 1 amide bonds. The van der Waals surface area contributed by atoms with Crippen molar-refractivity contribution < 1.29 is 9.72 Å². The lowest BCUT2D eigenvalue weighted by atomic mass is 9.86. The van der Waals surface area contributed by atoms with Gasteiger partial charge in [-0.2, -0.15) is 0 Å². The zero-order valence-corrected chi connectivity index (χ0v) is 13.0. The van der Waals surface area contributed by atoms with E-state index in [0.29, 0.717) is 18.3 Å². The predicted octanol–water partition coefficient (Wildman–Crippen LogP) is 1.12. The van der Waals surface area contributed by atoms with E-state index in [9.17, 15) is 14.9 Å². The average molecular weight is 307 g/mol. The van der Waals surface area contributed by atoms with Crippen LogP contribution in [0.3, 0.4) is 0 Å². The van der Waals surface area contributed by atoms with E-state index in [-0.39, 0.29) is 23.3 Å². The van der Waals surface area contributed by atoms with Crippen LogP contribution in [0.15, 0.2) is 12.1 Å². The van der Waals surface area contributed by atoms with Crippen molar-refractivity contribution in [3.63, 3.8) is 0 Å². The molecular weight excluding hydrogens is 286 g/mol. The molecule has 2 rings (SSSR count). The fourth-order valence-corrected chi connectivity index (χ4v) is 2.72. The number of pyridine rings is 1. The Morgan fingerprint density at radius 3 is 2.73 bits per heavy atom. The Hall–Kier alpha value is -2.38. The number of aromatic nitrogens is 1. The van der Waals surface area contributed by atoms with Gasteiger partial charge in [-0.15, -0.1) is 0 Å². The van der Waals surface area contributed by atoms with Gasteiger partial charge in [0.05, 0.1) is 10.8 Å². The number of piperidine rings is 1. The molecule has 0 aliphatic carbocycles. The number of anilines is 2. The minimum Gasteiger partial charge on any atom is -0.378 e. The summed E-state index contributed by atoms with van der Waals surface area (Å²) >= 11 is 0. The summed E-state index contributed by atoms with van der Waals surface area (Å²) in [5, 5.41) is 10.8. The molecule has 1 aliphatic rings. The van der Waals surface area contributed by atoms with E-state index in [1.165, 1.54) is 6.07 Å². The summed E-state index contributed by atoms with van der Waals surface area (Å²) in [6.07, 6.45) is 0.864. The highest BCUT2D eigenvalue weighted by Gasteiger charge is 2.33. The van der Waals surface area contributed by atoms with Gasteiger partial charge in [0.15, 0.2) is 0 Å². The Morgan fingerprint density at radius 1 is 1.50 bits per heavy atom. The highest BCUT2D eigenvalue weighted by molar-refractivity contribution is 5.79. The molecule has 120 valence electrons. The molecule has 2 heterocycles. The average Bonchev–Trinajstić information content (AvgIpc) is 2.46. The van der Waals surface area contributed by atoms with Crippen LogP contribution in [-0.4, -0.2) is 47.9 Å². The molecule has 0 saturated carbocycles. The van der Waals surface area contributed by atoms with E-state index in [0.717, 1.165) is 13.0 Å². The van der Waals surface area contributed by atoms with Crippen molar-refractivity contribution in [2.45, 2.75) is 13.3 Å². The van der Waals surface area contributed by atoms with Crippen molar-refractivity contribution in [3.05, 3.63) is 22.2 Å². The molecular formula is C14H21N5O3. The van der Waals surface area contributed by atoms with Crippen LogP contribution in [0.2, 0.25) is 0 Å². The first kappa shape index (κ1) is 16.0. The van der Waals surface area contributed by atoms with E-state index in [1.54, 1.807) is 25.1 Å². The molecule has 8 nitrogen and oxygen atoms in total. The SMILES string of the molecule is C[C@@H]1CCN(c2ccc([N+](=O)[O-])c(N)n2)C[C@@H]1C(=O)N(C)C. The van der Waals surface area contributed by atoms with Gasteiger partial charge in [0, 0.05) is 33.3 Å². The van der Waals surface area contributed by atoms with E-state index >= 15 is 0 Å². The first-order chi connectivity index (χ1) is 10.3. The molecule has 1 fully saturated rings. The Bertz CT molecular complexity index is 590. The van der Waals surface area contributed by atoms with Crippen LogP contribution in [0.1, 0.15) is 13.3 Å². The largest absolute Gasteiger partial charge is 0.378 e. The zero-order chi connectivity index (χ0) is 16.4. The van der Waals surface area contributed by atoms with Gasteiger partial charge in [-0.3, -0.25) is 14.9 Å². The molecule has 0 bridgehead atoms. The number of hydrogen-bond acceptors (Lipinski definition) is 6. The highest BCUT2D eigenvalue weighted by Crippen LogP contribution is 2.29. The highest BCUT2D eigenvalue weighted by atomic mass is 16.6. The quantitative estimate of drug-likeness (QED) is 0.662. The van der Waals surface area contributed by atoms with Gasteiger partial charge in [-0.1, -0.05) is 6.92 Å². The number of nitrogen functional groups attached to an aromatic ring is 1. The second kappa shape index (κ2) is 6.17. The molecule has 2 atom stereocenters. The van der Waals surface area contributed by atoms with Crippen molar-refractivity contribution in [1.29, 1.82) is 0 Å². The summed E-state index contributed by atoms with van der Waals surface area (Å²) in [5.41, 5.74) is 5.45. The molecule has 22 heavy (non-hydrogen) atoms. The van der Waals surface area contributed by atoms with Gasteiger partial charge in [0.1, 0.15) is 5.82 Å². The molecule has 1 aliphatic heterocycles. The van der Waals surface area contributed by atoms with Crippen molar-refractivity contribution >= 4 is 23.2 Å². The molecule has 0 aromatic carbocycles. The molecule has 0 unspecified atom stereocenters. The normalized spacial score (nSPS) is 21.5. The van der Waals surface area contributed by atoms with Crippen LogP contribution in [0, 0.1) is 22.0 Å². The van der Waals surface area contributed by atoms with Gasteiger partial charge in [-0.05, 0) is 18.4 Å². The third-order valence-electron chi connectivity index (χ3n) is 4.12. The van der Waals surface area contributed by atoms with E-state index in [2.05, 4.69) is 11.9 Å². The van der Waals surface area contributed by atoms with Crippen molar-refractivity contribution in [2.75, 3.05) is 37.8 Å². The molecule has 2 N–H and O–H groups in total. The maximum absolute atomic E-state index is 12.3. The number of nitrogens with zero attached hydrogens (tertiary/aromatic N) is 4. The fourth-order valence-electron chi connectivity index (χ4n) is 2.72. The smallest absolute Gasteiger partial charge is 0.311 e. The Morgan fingerprint density at radius 2 is 2.18 bits per heavy atom. The summed E-state index contributed by atoms with van der Waals surface area (Å²) in [6, 6.07) is 2.94. The number of nitro groups is 1. The van der Waals surface area contributed by atoms with Crippen LogP contribution in [-0.2, 0) is 4.79 Å². The van der Waals surface area contributed by atoms with Crippen molar-refractivity contribution in [2.24, 2.45) is 11.8 Å². The Labute approximate surface area is 129 Å². The van der Waals surface area contributed by atoms with E-state index in [1.807, 2.05) is 4.90 Å². The molecule has 8 heteroatoms. The van der Waals surface area contributed by atoms with Gasteiger partial charge in [-0.25, -0.2) is 4.98 Å². The minimum absolute atomic E-state index is 0.0899. The zero-order valence-electron chi connectivity index (χ0n) is 13.0. The van der Waals surface area contributed by atoms with Crippen LogP contribution in [0.4, 0.5) is 17.3 Å². The first-order valence-corrected chi connectivity index (χ1v) is 7.18. The Balaban J connectivity index is 2.21. The van der Waals surface area contributed by atoms with Crippen LogP contribution in [0.25, 0.3) is 0 Å². The minimum atomic E-state index is -0.553. The second-order valence-corrected chi connectivity index (χ2v) is 5.88. The summed E-state index contributed by atoms with van der Waals surface area (Å²) in [5.74, 6) is 0.749. The number of hydrogen-bond donors (Lipinski definition) is 1. The summed E-state index contributed by atoms with van der Waals surface area (Å²) < 4.78 is 0. The number of carbonyl (C=O) groups excluding carboxylic acids is 1. The molecule has 0 spiro atoms. The lowest BCUT2D eigenvalue weighted by Gasteiger charge is -2.38. The fraction of sp³-hybridized carbons (Fsp3) is 0.571. The molecule has 0 radical (unpaired) electrons. The van der Waals surface area contributed by atoms with Crippen molar-refractivity contribution in [3.8, 4) is 0 Å².